The van der Waals surface area contributed by atoms with Gasteiger partial charge in [-0.1, -0.05) is 13.8 Å². The van der Waals surface area contributed by atoms with E-state index < -0.39 is 0 Å². The highest BCUT2D eigenvalue weighted by Crippen LogP contribution is 2.12. The number of hydrogen-bond donors (Lipinski definition) is 2. The highest BCUT2D eigenvalue weighted by molar-refractivity contribution is 5.81. The van der Waals surface area contributed by atoms with Crippen molar-refractivity contribution in [3.63, 3.8) is 0 Å². The average molecular weight is 256 g/mol. The minimum absolute atomic E-state index is 0.00980. The molecule has 0 aliphatic carbocycles. The Balaban J connectivity index is 2.02. The lowest BCUT2D eigenvalue weighted by molar-refractivity contribution is -0.124. The number of carbonyl (C=O) groups is 1. The molecule has 4 nitrogen and oxygen atoms in total. The molecule has 0 aromatic heterocycles. The van der Waals surface area contributed by atoms with Crippen molar-refractivity contribution in [2.24, 2.45) is 5.92 Å². The smallest absolute Gasteiger partial charge is 0.237 e. The highest BCUT2D eigenvalue weighted by atomic mass is 16.5. The lowest BCUT2D eigenvalue weighted by Gasteiger charge is -2.27. The van der Waals surface area contributed by atoms with Crippen molar-refractivity contribution in [1.82, 2.24) is 10.6 Å². The second-order valence-electron chi connectivity index (χ2n) is 5.64. The molecule has 0 radical (unpaired) electrons. The van der Waals surface area contributed by atoms with Crippen LogP contribution in [0.25, 0.3) is 0 Å². The van der Waals surface area contributed by atoms with Crippen LogP contribution in [0.3, 0.4) is 0 Å². The number of carbonyl (C=O) groups excluding carboxylic acids is 1. The molecule has 0 aromatic rings. The zero-order valence-electron chi connectivity index (χ0n) is 12.0. The first-order valence-corrected chi connectivity index (χ1v) is 7.21. The normalized spacial score (nSPS) is 24.2. The molecular weight excluding hydrogens is 228 g/mol. The van der Waals surface area contributed by atoms with E-state index in [1.165, 1.54) is 6.42 Å². The summed E-state index contributed by atoms with van der Waals surface area (Å²) >= 11 is 0. The minimum Gasteiger partial charge on any atom is -0.380 e. The minimum atomic E-state index is -0.00980. The van der Waals surface area contributed by atoms with Gasteiger partial charge in [-0.2, -0.15) is 0 Å². The van der Waals surface area contributed by atoms with E-state index >= 15 is 0 Å². The second kappa shape index (κ2) is 8.48. The Morgan fingerprint density at radius 1 is 1.39 bits per heavy atom. The Morgan fingerprint density at radius 3 is 2.83 bits per heavy atom. The number of piperidine rings is 1. The summed E-state index contributed by atoms with van der Waals surface area (Å²) < 4.78 is 5.47. The summed E-state index contributed by atoms with van der Waals surface area (Å²) in [7, 11) is 0. The summed E-state index contributed by atoms with van der Waals surface area (Å²) in [5.41, 5.74) is 0. The molecule has 106 valence electrons. The fraction of sp³-hybridized carbons (Fsp3) is 0.929. The lowest BCUT2D eigenvalue weighted by Crippen LogP contribution is -2.50. The van der Waals surface area contributed by atoms with Crippen molar-refractivity contribution in [2.75, 3.05) is 19.8 Å². The van der Waals surface area contributed by atoms with Crippen LogP contribution in [-0.2, 0) is 9.53 Å². The van der Waals surface area contributed by atoms with Crippen molar-refractivity contribution in [1.29, 1.82) is 0 Å². The predicted octanol–water partition coefficient (Wildman–Crippen LogP) is 1.70. The molecule has 0 spiro atoms. The van der Waals surface area contributed by atoms with Crippen LogP contribution in [0.2, 0.25) is 0 Å². The monoisotopic (exact) mass is 256 g/mol. The molecule has 1 aliphatic heterocycles. The molecule has 1 saturated heterocycles. The summed E-state index contributed by atoms with van der Waals surface area (Å²) in [6, 6.07) is 0.446. The van der Waals surface area contributed by atoms with E-state index in [9.17, 15) is 4.79 Å². The number of amides is 1. The van der Waals surface area contributed by atoms with Gasteiger partial charge in [-0.3, -0.25) is 4.79 Å². The molecular formula is C14H28N2O2. The van der Waals surface area contributed by atoms with Gasteiger partial charge >= 0.3 is 0 Å². The Morgan fingerprint density at radius 2 is 2.17 bits per heavy atom. The van der Waals surface area contributed by atoms with Gasteiger partial charge in [0.25, 0.3) is 0 Å². The molecule has 18 heavy (non-hydrogen) atoms. The molecule has 1 heterocycles. The summed E-state index contributed by atoms with van der Waals surface area (Å²) in [5, 5.41) is 6.26. The Hall–Kier alpha value is -0.610. The van der Waals surface area contributed by atoms with E-state index in [4.69, 9.17) is 4.74 Å². The zero-order chi connectivity index (χ0) is 13.4. The van der Waals surface area contributed by atoms with Gasteiger partial charge < -0.3 is 15.4 Å². The average Bonchev–Trinajstić information content (AvgIpc) is 2.33. The van der Waals surface area contributed by atoms with Crippen LogP contribution in [0.1, 0.15) is 46.5 Å². The van der Waals surface area contributed by atoms with E-state index in [1.807, 2.05) is 0 Å². The molecule has 0 saturated carbocycles. The number of hydrogen-bond acceptors (Lipinski definition) is 3. The molecule has 1 rings (SSSR count). The van der Waals surface area contributed by atoms with Crippen LogP contribution < -0.4 is 10.6 Å². The van der Waals surface area contributed by atoms with Gasteiger partial charge in [0.05, 0.1) is 12.6 Å². The summed E-state index contributed by atoms with van der Waals surface area (Å²) in [4.78, 5) is 11.9. The maximum atomic E-state index is 11.9. The molecule has 2 N–H and O–H groups in total. The van der Waals surface area contributed by atoms with E-state index in [2.05, 4.69) is 31.4 Å². The molecule has 4 heteroatoms. The predicted molar refractivity (Wildman–Crippen MR) is 73.5 cm³/mol. The lowest BCUT2D eigenvalue weighted by atomic mass is 9.99. The van der Waals surface area contributed by atoms with Gasteiger partial charge in [-0.25, -0.2) is 0 Å². The van der Waals surface area contributed by atoms with Gasteiger partial charge in [-0.05, 0) is 38.5 Å². The van der Waals surface area contributed by atoms with E-state index in [1.54, 1.807) is 0 Å². The standard InChI is InChI=1S/C14H28N2O2/c1-11(2)7-9-18-10-8-15-14(17)13-6-4-5-12(3)16-13/h11-13,16H,4-10H2,1-3H3,(H,15,17). The first-order chi connectivity index (χ1) is 8.59. The van der Waals surface area contributed by atoms with Crippen LogP contribution in [0, 0.1) is 5.92 Å². The molecule has 1 fully saturated rings. The molecule has 1 aliphatic rings. The fourth-order valence-corrected chi connectivity index (χ4v) is 2.14. The van der Waals surface area contributed by atoms with E-state index in [0.717, 1.165) is 25.9 Å². The Kier molecular flexibility index (Phi) is 7.28. The van der Waals surface area contributed by atoms with Crippen molar-refractivity contribution in [3.8, 4) is 0 Å². The van der Waals surface area contributed by atoms with Gasteiger partial charge in [0, 0.05) is 19.2 Å². The van der Waals surface area contributed by atoms with Gasteiger partial charge in [0.2, 0.25) is 5.91 Å². The zero-order valence-corrected chi connectivity index (χ0v) is 12.0. The van der Waals surface area contributed by atoms with Gasteiger partial charge in [0.1, 0.15) is 0 Å². The molecule has 0 aromatic carbocycles. The van der Waals surface area contributed by atoms with Gasteiger partial charge in [-0.15, -0.1) is 0 Å². The molecule has 2 atom stereocenters. The SMILES string of the molecule is CC(C)CCOCCNC(=O)C1CCCC(C)N1. The van der Waals surface area contributed by atoms with Crippen LogP contribution in [0.4, 0.5) is 0 Å². The van der Waals surface area contributed by atoms with Crippen molar-refractivity contribution < 1.29 is 9.53 Å². The van der Waals surface area contributed by atoms with Crippen molar-refractivity contribution in [2.45, 2.75) is 58.5 Å². The number of rotatable bonds is 7. The van der Waals surface area contributed by atoms with Crippen LogP contribution in [-0.4, -0.2) is 37.7 Å². The van der Waals surface area contributed by atoms with Crippen LogP contribution in [0.15, 0.2) is 0 Å². The largest absolute Gasteiger partial charge is 0.380 e. The maximum Gasteiger partial charge on any atom is 0.237 e. The van der Waals surface area contributed by atoms with Crippen molar-refractivity contribution >= 4 is 5.91 Å². The third-order valence-corrected chi connectivity index (χ3v) is 3.32. The highest BCUT2D eigenvalue weighted by Gasteiger charge is 2.23. The molecule has 2 unspecified atom stereocenters. The molecule has 0 bridgehead atoms. The third kappa shape index (κ3) is 6.36. The third-order valence-electron chi connectivity index (χ3n) is 3.32. The van der Waals surface area contributed by atoms with Crippen LogP contribution >= 0.6 is 0 Å². The topological polar surface area (TPSA) is 50.4 Å². The Labute approximate surface area is 111 Å². The van der Waals surface area contributed by atoms with Gasteiger partial charge in [0.15, 0.2) is 0 Å². The Bertz CT molecular complexity index is 244. The summed E-state index contributed by atoms with van der Waals surface area (Å²) in [6.07, 6.45) is 4.33. The first-order valence-electron chi connectivity index (χ1n) is 7.21. The summed E-state index contributed by atoms with van der Waals surface area (Å²) in [6.45, 7) is 8.51. The van der Waals surface area contributed by atoms with Crippen LogP contribution in [0.5, 0.6) is 0 Å². The number of nitrogens with one attached hydrogen (secondary N) is 2. The van der Waals surface area contributed by atoms with E-state index in [0.29, 0.717) is 25.1 Å². The first kappa shape index (κ1) is 15.4. The maximum absolute atomic E-state index is 11.9. The number of ether oxygens (including phenoxy) is 1. The quantitative estimate of drug-likeness (QED) is 0.682. The van der Waals surface area contributed by atoms with Crippen molar-refractivity contribution in [3.05, 3.63) is 0 Å². The second-order valence-corrected chi connectivity index (χ2v) is 5.64. The molecule has 1 amide bonds. The summed E-state index contributed by atoms with van der Waals surface area (Å²) in [5.74, 6) is 0.793. The van der Waals surface area contributed by atoms with E-state index in [-0.39, 0.29) is 11.9 Å². The fourth-order valence-electron chi connectivity index (χ4n) is 2.14.